The van der Waals surface area contributed by atoms with Gasteiger partial charge in [-0.15, -0.1) is 0 Å². The molecule has 0 N–H and O–H groups in total. The highest BCUT2D eigenvalue weighted by Crippen LogP contribution is 2.30. The summed E-state index contributed by atoms with van der Waals surface area (Å²) in [5.41, 5.74) is 2.60. The zero-order valence-electron chi connectivity index (χ0n) is 13.4. The number of nitrogens with zero attached hydrogens (tertiary/aromatic N) is 5. The minimum atomic E-state index is 0.300. The molecule has 0 unspecified atom stereocenters. The summed E-state index contributed by atoms with van der Waals surface area (Å²) >= 11 is 0. The third-order valence-corrected chi connectivity index (χ3v) is 4.88. The molecule has 0 radical (unpaired) electrons. The average molecular weight is 311 g/mol. The normalized spacial score (nSPS) is 25.3. The number of anilines is 1. The predicted octanol–water partition coefficient (Wildman–Crippen LogP) is 1.86. The quantitative estimate of drug-likeness (QED) is 0.847. The summed E-state index contributed by atoms with van der Waals surface area (Å²) in [6.45, 7) is 5.01. The summed E-state index contributed by atoms with van der Waals surface area (Å²) in [4.78, 5) is 29.6. The van der Waals surface area contributed by atoms with Crippen molar-refractivity contribution in [1.82, 2.24) is 19.9 Å². The lowest BCUT2D eigenvalue weighted by atomic mass is 9.94. The molecule has 0 spiro atoms. The summed E-state index contributed by atoms with van der Waals surface area (Å²) in [6, 6.07) is 2.31. The first-order valence-electron chi connectivity index (χ1n) is 8.32. The van der Waals surface area contributed by atoms with E-state index < -0.39 is 0 Å². The lowest BCUT2D eigenvalue weighted by molar-refractivity contribution is -0.130. The molecule has 2 aliphatic rings. The van der Waals surface area contributed by atoms with Gasteiger partial charge in [0.05, 0.1) is 5.69 Å². The highest BCUT2D eigenvalue weighted by Gasteiger charge is 2.34. The van der Waals surface area contributed by atoms with E-state index >= 15 is 0 Å². The van der Waals surface area contributed by atoms with E-state index in [1.165, 1.54) is 0 Å². The number of fused-ring (bicyclic) bond motifs is 1. The number of aromatic nitrogens is 3. The molecule has 4 heterocycles. The molecule has 1 amide bonds. The Morgan fingerprint density at radius 3 is 2.78 bits per heavy atom. The van der Waals surface area contributed by atoms with Crippen LogP contribution in [0.15, 0.2) is 24.7 Å². The van der Waals surface area contributed by atoms with Crippen LogP contribution >= 0.6 is 0 Å². The van der Waals surface area contributed by atoms with Gasteiger partial charge in [-0.3, -0.25) is 4.79 Å². The second-order valence-corrected chi connectivity index (χ2v) is 6.65. The van der Waals surface area contributed by atoms with Gasteiger partial charge in [-0.25, -0.2) is 15.0 Å². The average Bonchev–Trinajstić information content (AvgIpc) is 3.00. The van der Waals surface area contributed by atoms with Crippen molar-refractivity contribution in [1.29, 1.82) is 0 Å². The summed E-state index contributed by atoms with van der Waals surface area (Å²) in [5, 5.41) is 0. The number of carbonyl (C=O) groups excluding carboxylic acids is 1. The van der Waals surface area contributed by atoms with Gasteiger partial charge in [-0.1, -0.05) is 6.92 Å². The number of amides is 1. The zero-order chi connectivity index (χ0) is 15.8. The fraction of sp³-hybridized carbons (Fsp3) is 0.529. The summed E-state index contributed by atoms with van der Waals surface area (Å²) in [7, 11) is 0. The number of likely N-dealkylation sites (tertiary alicyclic amines) is 1. The lowest BCUT2D eigenvalue weighted by Gasteiger charge is -2.41. The Bertz CT molecular complexity index is 729. The molecule has 4 rings (SSSR count). The van der Waals surface area contributed by atoms with Gasteiger partial charge >= 0.3 is 0 Å². The maximum atomic E-state index is 12.1. The van der Waals surface area contributed by atoms with Gasteiger partial charge in [-0.05, 0) is 24.8 Å². The van der Waals surface area contributed by atoms with Gasteiger partial charge in [0.15, 0.2) is 5.65 Å². The van der Waals surface area contributed by atoms with Crippen LogP contribution < -0.4 is 4.90 Å². The molecule has 2 aliphatic heterocycles. The Hall–Kier alpha value is -2.24. The lowest BCUT2D eigenvalue weighted by Crippen LogP contribution is -2.51. The van der Waals surface area contributed by atoms with Crippen molar-refractivity contribution < 1.29 is 4.79 Å². The van der Waals surface area contributed by atoms with Crippen molar-refractivity contribution in [2.45, 2.75) is 32.2 Å². The predicted molar refractivity (Wildman–Crippen MR) is 88.1 cm³/mol. The zero-order valence-corrected chi connectivity index (χ0v) is 13.4. The van der Waals surface area contributed by atoms with E-state index in [-0.39, 0.29) is 0 Å². The molecule has 23 heavy (non-hydrogen) atoms. The number of hydrogen-bond acceptors (Lipinski definition) is 5. The van der Waals surface area contributed by atoms with E-state index in [4.69, 9.17) is 0 Å². The van der Waals surface area contributed by atoms with E-state index in [1.807, 2.05) is 6.07 Å². The Labute approximate surface area is 135 Å². The molecule has 2 aromatic heterocycles. The first kappa shape index (κ1) is 14.4. The Morgan fingerprint density at radius 1 is 1.13 bits per heavy atom. The molecule has 2 atom stereocenters. The number of pyridine rings is 1. The fourth-order valence-corrected chi connectivity index (χ4v) is 3.91. The largest absolute Gasteiger partial charge is 0.367 e. The second kappa shape index (κ2) is 5.76. The SMILES string of the molecule is C[C@H]1C[C@@H](N2CCCC2=O)CN(c2ccnc3nccnc23)C1. The maximum absolute atomic E-state index is 12.1. The van der Waals surface area contributed by atoms with Crippen LogP contribution in [0.2, 0.25) is 0 Å². The van der Waals surface area contributed by atoms with Crippen molar-refractivity contribution in [2.75, 3.05) is 24.5 Å². The molecule has 0 bridgehead atoms. The van der Waals surface area contributed by atoms with Crippen LogP contribution in [0.1, 0.15) is 26.2 Å². The van der Waals surface area contributed by atoms with Crippen molar-refractivity contribution >= 4 is 22.8 Å². The first-order valence-corrected chi connectivity index (χ1v) is 8.32. The van der Waals surface area contributed by atoms with Crippen molar-refractivity contribution in [3.8, 4) is 0 Å². The molecule has 2 fully saturated rings. The third kappa shape index (κ3) is 2.62. The number of hydrogen-bond donors (Lipinski definition) is 0. The van der Waals surface area contributed by atoms with Crippen LogP contribution in [0.4, 0.5) is 5.69 Å². The smallest absolute Gasteiger partial charge is 0.222 e. The third-order valence-electron chi connectivity index (χ3n) is 4.88. The summed E-state index contributed by atoms with van der Waals surface area (Å²) < 4.78 is 0. The molecular weight excluding hydrogens is 290 g/mol. The van der Waals surface area contributed by atoms with Gasteiger partial charge in [0.2, 0.25) is 5.91 Å². The van der Waals surface area contributed by atoms with Crippen LogP contribution in [0, 0.1) is 5.92 Å². The highest BCUT2D eigenvalue weighted by atomic mass is 16.2. The van der Waals surface area contributed by atoms with E-state index in [0.717, 1.165) is 43.7 Å². The Kier molecular flexibility index (Phi) is 3.59. The molecular formula is C17H21N5O. The van der Waals surface area contributed by atoms with Gasteiger partial charge in [0.25, 0.3) is 0 Å². The van der Waals surface area contributed by atoms with E-state index in [1.54, 1.807) is 18.6 Å². The monoisotopic (exact) mass is 311 g/mol. The van der Waals surface area contributed by atoms with Crippen molar-refractivity contribution in [2.24, 2.45) is 5.92 Å². The summed E-state index contributed by atoms with van der Waals surface area (Å²) in [5.74, 6) is 0.852. The molecule has 2 saturated heterocycles. The topological polar surface area (TPSA) is 62.2 Å². The van der Waals surface area contributed by atoms with Crippen LogP contribution in [-0.2, 0) is 4.79 Å². The summed E-state index contributed by atoms with van der Waals surface area (Å²) in [6.07, 6.45) is 7.95. The standard InChI is InChI=1S/C17H21N5O/c1-12-9-13(22-8-2-3-15(22)23)11-21(10-12)14-4-5-19-17-16(14)18-6-7-20-17/h4-7,12-13H,2-3,8-11H2,1H3/t12-,13+/m0/s1. The number of piperidine rings is 1. The molecule has 0 aliphatic carbocycles. The van der Waals surface area contributed by atoms with Crippen molar-refractivity contribution in [3.05, 3.63) is 24.7 Å². The molecule has 6 nitrogen and oxygen atoms in total. The Morgan fingerprint density at radius 2 is 1.96 bits per heavy atom. The van der Waals surface area contributed by atoms with Crippen LogP contribution in [0.25, 0.3) is 11.2 Å². The number of rotatable bonds is 2. The maximum Gasteiger partial charge on any atom is 0.222 e. The highest BCUT2D eigenvalue weighted by molar-refractivity contribution is 5.85. The van der Waals surface area contributed by atoms with Gasteiger partial charge in [0, 0.05) is 50.7 Å². The van der Waals surface area contributed by atoms with Gasteiger partial charge in [0.1, 0.15) is 5.52 Å². The Balaban J connectivity index is 1.66. The van der Waals surface area contributed by atoms with Gasteiger partial charge < -0.3 is 9.80 Å². The fourth-order valence-electron chi connectivity index (χ4n) is 3.91. The van der Waals surface area contributed by atoms with E-state index in [9.17, 15) is 4.79 Å². The van der Waals surface area contributed by atoms with Crippen LogP contribution in [-0.4, -0.2) is 51.4 Å². The second-order valence-electron chi connectivity index (χ2n) is 6.65. The number of carbonyl (C=O) groups is 1. The van der Waals surface area contributed by atoms with Gasteiger partial charge in [-0.2, -0.15) is 0 Å². The first-order chi connectivity index (χ1) is 11.2. The molecule has 120 valence electrons. The van der Waals surface area contributed by atoms with Crippen molar-refractivity contribution in [3.63, 3.8) is 0 Å². The molecule has 2 aromatic rings. The molecule has 0 aromatic carbocycles. The molecule has 6 heteroatoms. The minimum absolute atomic E-state index is 0.300. The van der Waals surface area contributed by atoms with Crippen LogP contribution in [0.3, 0.4) is 0 Å². The molecule has 0 saturated carbocycles. The van der Waals surface area contributed by atoms with E-state index in [2.05, 4.69) is 31.7 Å². The van der Waals surface area contributed by atoms with E-state index in [0.29, 0.717) is 29.9 Å². The minimum Gasteiger partial charge on any atom is -0.367 e. The van der Waals surface area contributed by atoms with Crippen LogP contribution in [0.5, 0.6) is 0 Å².